The van der Waals surface area contributed by atoms with Crippen LogP contribution in [0.1, 0.15) is 40.0 Å². The van der Waals surface area contributed by atoms with E-state index in [9.17, 15) is 9.59 Å². The normalized spacial score (nSPS) is 17.6. The van der Waals surface area contributed by atoms with Crippen LogP contribution in [0.2, 0.25) is 0 Å². The molecule has 2 aromatic rings. The third kappa shape index (κ3) is 4.92. The molecule has 1 amide bonds. The van der Waals surface area contributed by atoms with Crippen LogP contribution in [0.5, 0.6) is 0 Å². The van der Waals surface area contributed by atoms with Gasteiger partial charge < -0.3 is 4.90 Å². The summed E-state index contributed by atoms with van der Waals surface area (Å²) in [4.78, 5) is 32.3. The minimum atomic E-state index is -0.0113. The monoisotopic (exact) mass is 387 g/mol. The summed E-state index contributed by atoms with van der Waals surface area (Å²) in [6.07, 6.45) is 3.17. The van der Waals surface area contributed by atoms with E-state index in [1.54, 1.807) is 4.57 Å². The van der Waals surface area contributed by atoms with Crippen molar-refractivity contribution in [2.45, 2.75) is 51.7 Å². The van der Waals surface area contributed by atoms with Crippen molar-refractivity contribution in [3.63, 3.8) is 0 Å². The van der Waals surface area contributed by atoms with Gasteiger partial charge in [-0.25, -0.2) is 4.98 Å². The molecule has 0 saturated carbocycles. The van der Waals surface area contributed by atoms with E-state index < -0.39 is 0 Å². The van der Waals surface area contributed by atoms with Gasteiger partial charge >= 0.3 is 0 Å². The number of para-hydroxylation sites is 1. The summed E-state index contributed by atoms with van der Waals surface area (Å²) in [5, 5.41) is 1.29. The number of likely N-dealkylation sites (tertiary alicyclic amines) is 1. The first-order valence-corrected chi connectivity index (χ1v) is 10.8. The Labute approximate surface area is 165 Å². The number of thioether (sulfide) groups is 1. The number of nitrogens with zero attached hydrogens (tertiary/aromatic N) is 3. The van der Waals surface area contributed by atoms with E-state index in [4.69, 9.17) is 4.98 Å². The highest BCUT2D eigenvalue weighted by Gasteiger charge is 2.22. The Morgan fingerprint density at radius 3 is 2.85 bits per heavy atom. The van der Waals surface area contributed by atoms with Gasteiger partial charge in [0.15, 0.2) is 5.16 Å². The third-order valence-electron chi connectivity index (χ3n) is 5.09. The average molecular weight is 388 g/mol. The van der Waals surface area contributed by atoms with Crippen LogP contribution in [0, 0.1) is 11.8 Å². The summed E-state index contributed by atoms with van der Waals surface area (Å²) < 4.78 is 1.75. The minimum absolute atomic E-state index is 0.0113. The van der Waals surface area contributed by atoms with E-state index in [1.165, 1.54) is 18.2 Å². The van der Waals surface area contributed by atoms with Gasteiger partial charge in [-0.3, -0.25) is 14.2 Å². The molecule has 1 saturated heterocycles. The van der Waals surface area contributed by atoms with Crippen LogP contribution in [0.4, 0.5) is 0 Å². The molecule has 146 valence electrons. The van der Waals surface area contributed by atoms with Crippen molar-refractivity contribution in [3.8, 4) is 0 Å². The van der Waals surface area contributed by atoms with Gasteiger partial charge in [-0.2, -0.15) is 0 Å². The molecule has 0 spiro atoms. The van der Waals surface area contributed by atoms with Crippen LogP contribution in [-0.4, -0.2) is 39.2 Å². The number of benzene rings is 1. The Balaban J connectivity index is 1.82. The second-order valence-electron chi connectivity index (χ2n) is 7.93. The molecule has 0 radical (unpaired) electrons. The van der Waals surface area contributed by atoms with E-state index in [0.29, 0.717) is 40.2 Å². The van der Waals surface area contributed by atoms with Crippen LogP contribution in [-0.2, 0) is 11.3 Å². The minimum Gasteiger partial charge on any atom is -0.342 e. The number of piperidine rings is 1. The zero-order chi connectivity index (χ0) is 19.4. The summed E-state index contributed by atoms with van der Waals surface area (Å²) in [6.45, 7) is 8.80. The lowest BCUT2D eigenvalue weighted by Gasteiger charge is -2.30. The fraction of sp³-hybridized carbons (Fsp3) is 0.571. The molecule has 5 nitrogen and oxygen atoms in total. The van der Waals surface area contributed by atoms with Crippen molar-refractivity contribution in [1.82, 2.24) is 14.5 Å². The lowest BCUT2D eigenvalue weighted by atomic mass is 10.0. The van der Waals surface area contributed by atoms with Gasteiger partial charge in [-0.05, 0) is 43.2 Å². The predicted molar refractivity (Wildman–Crippen MR) is 111 cm³/mol. The van der Waals surface area contributed by atoms with E-state index in [2.05, 4.69) is 20.8 Å². The van der Waals surface area contributed by atoms with Gasteiger partial charge in [0.25, 0.3) is 5.56 Å². The molecule has 0 bridgehead atoms. The Bertz CT molecular complexity index is 862. The van der Waals surface area contributed by atoms with Crippen molar-refractivity contribution in [2.75, 3.05) is 18.8 Å². The van der Waals surface area contributed by atoms with Crippen LogP contribution >= 0.6 is 11.8 Å². The quantitative estimate of drug-likeness (QED) is 0.559. The fourth-order valence-corrected chi connectivity index (χ4v) is 4.40. The summed E-state index contributed by atoms with van der Waals surface area (Å²) in [5.41, 5.74) is 0.688. The summed E-state index contributed by atoms with van der Waals surface area (Å²) in [7, 11) is 0. The topological polar surface area (TPSA) is 55.2 Å². The molecule has 0 N–H and O–H groups in total. The Morgan fingerprint density at radius 1 is 1.33 bits per heavy atom. The standard InChI is InChI=1S/C21H29N3O2S/c1-15(2)10-12-24-20(26)17-8-4-5-9-18(17)22-21(24)27-14-19(25)23-11-6-7-16(3)13-23/h4-5,8-9,15-16H,6-7,10-14H2,1-3H3/t16-/m0/s1. The molecule has 0 aliphatic carbocycles. The number of hydrogen-bond donors (Lipinski definition) is 0. The van der Waals surface area contributed by atoms with Crippen LogP contribution in [0.25, 0.3) is 10.9 Å². The van der Waals surface area contributed by atoms with E-state index in [0.717, 1.165) is 25.9 Å². The summed E-state index contributed by atoms with van der Waals surface area (Å²) >= 11 is 1.39. The Hall–Kier alpha value is -1.82. The summed E-state index contributed by atoms with van der Waals surface area (Å²) in [6, 6.07) is 7.45. The zero-order valence-electron chi connectivity index (χ0n) is 16.5. The second-order valence-corrected chi connectivity index (χ2v) is 8.87. The van der Waals surface area contributed by atoms with E-state index in [-0.39, 0.29) is 11.5 Å². The maximum Gasteiger partial charge on any atom is 0.262 e. The molecule has 1 aromatic carbocycles. The number of amides is 1. The second kappa shape index (κ2) is 8.91. The van der Waals surface area contributed by atoms with Crippen LogP contribution in [0.3, 0.4) is 0 Å². The molecule has 27 heavy (non-hydrogen) atoms. The van der Waals surface area contributed by atoms with Crippen LogP contribution < -0.4 is 5.56 Å². The van der Waals surface area contributed by atoms with Gasteiger partial charge in [-0.1, -0.05) is 44.7 Å². The number of fused-ring (bicyclic) bond motifs is 1. The zero-order valence-corrected chi connectivity index (χ0v) is 17.3. The molecule has 1 aliphatic rings. The first-order chi connectivity index (χ1) is 13.0. The lowest BCUT2D eigenvalue weighted by molar-refractivity contribution is -0.130. The average Bonchev–Trinajstić information content (AvgIpc) is 2.65. The van der Waals surface area contributed by atoms with Gasteiger partial charge in [0.2, 0.25) is 5.91 Å². The largest absolute Gasteiger partial charge is 0.342 e. The van der Waals surface area contributed by atoms with Crippen LogP contribution in [0.15, 0.2) is 34.2 Å². The highest BCUT2D eigenvalue weighted by molar-refractivity contribution is 7.99. The molecular weight excluding hydrogens is 358 g/mol. The number of hydrogen-bond acceptors (Lipinski definition) is 4. The number of carbonyl (C=O) groups is 1. The Kier molecular flexibility index (Phi) is 6.58. The first kappa shape index (κ1) is 19.9. The fourth-order valence-electron chi connectivity index (χ4n) is 3.48. The smallest absolute Gasteiger partial charge is 0.262 e. The lowest BCUT2D eigenvalue weighted by Crippen LogP contribution is -2.40. The molecule has 1 aromatic heterocycles. The van der Waals surface area contributed by atoms with Gasteiger partial charge in [0.05, 0.1) is 16.7 Å². The number of aromatic nitrogens is 2. The summed E-state index contributed by atoms with van der Waals surface area (Å²) in [5.74, 6) is 1.54. The van der Waals surface area contributed by atoms with Gasteiger partial charge in [-0.15, -0.1) is 0 Å². The van der Waals surface area contributed by atoms with E-state index >= 15 is 0 Å². The van der Waals surface area contributed by atoms with Crippen molar-refractivity contribution >= 4 is 28.6 Å². The van der Waals surface area contributed by atoms with E-state index in [1.807, 2.05) is 29.2 Å². The third-order valence-corrected chi connectivity index (χ3v) is 6.05. The van der Waals surface area contributed by atoms with Gasteiger partial charge in [0.1, 0.15) is 0 Å². The Morgan fingerprint density at radius 2 is 2.11 bits per heavy atom. The first-order valence-electron chi connectivity index (χ1n) is 9.86. The predicted octanol–water partition coefficient (Wildman–Crippen LogP) is 3.79. The number of carbonyl (C=O) groups excluding carboxylic acids is 1. The number of rotatable bonds is 6. The molecule has 1 atom stereocenters. The van der Waals surface area contributed by atoms with Crippen molar-refractivity contribution in [2.24, 2.45) is 11.8 Å². The maximum atomic E-state index is 13.0. The molecule has 0 unspecified atom stereocenters. The SMILES string of the molecule is CC(C)CCn1c(SCC(=O)N2CCC[C@H](C)C2)nc2ccccc2c1=O. The molecule has 6 heteroatoms. The molecule has 1 aliphatic heterocycles. The van der Waals surface area contributed by atoms with Crippen molar-refractivity contribution in [3.05, 3.63) is 34.6 Å². The molecule has 1 fully saturated rings. The van der Waals surface area contributed by atoms with Crippen molar-refractivity contribution in [1.29, 1.82) is 0 Å². The molecular formula is C21H29N3O2S. The maximum absolute atomic E-state index is 13.0. The molecule has 2 heterocycles. The molecule has 3 rings (SSSR count). The highest BCUT2D eigenvalue weighted by atomic mass is 32.2. The van der Waals surface area contributed by atoms with Crippen molar-refractivity contribution < 1.29 is 4.79 Å². The highest BCUT2D eigenvalue weighted by Crippen LogP contribution is 2.21. The van der Waals surface area contributed by atoms with Gasteiger partial charge in [0, 0.05) is 19.6 Å².